The smallest absolute Gasteiger partial charge is 0.307 e. The number of fused-ring (bicyclic) bond motifs is 3. The summed E-state index contributed by atoms with van der Waals surface area (Å²) < 4.78 is 22.7. The molecule has 1 fully saturated rings. The van der Waals surface area contributed by atoms with Gasteiger partial charge in [0.15, 0.2) is 18.7 Å². The molecule has 236 valence electrons. The minimum absolute atomic E-state index is 0.00267. The molecule has 0 amide bonds. The Morgan fingerprint density at radius 1 is 1.14 bits per heavy atom. The highest BCUT2D eigenvalue weighted by Crippen LogP contribution is 2.52. The maximum Gasteiger partial charge on any atom is 0.307 e. The summed E-state index contributed by atoms with van der Waals surface area (Å²) in [5.41, 5.74) is 2.30. The average Bonchev–Trinajstić information content (AvgIpc) is 2.98. The Kier molecular flexibility index (Phi) is 9.04. The van der Waals surface area contributed by atoms with Crippen LogP contribution in [0.1, 0.15) is 75.3 Å². The molecule has 1 aliphatic heterocycles. The molecule has 6 atom stereocenters. The van der Waals surface area contributed by atoms with Gasteiger partial charge in [-0.25, -0.2) is 0 Å². The van der Waals surface area contributed by atoms with Gasteiger partial charge < -0.3 is 45.1 Å². The van der Waals surface area contributed by atoms with Crippen molar-refractivity contribution in [2.75, 3.05) is 18.1 Å². The Balaban J connectivity index is 1.62. The highest BCUT2D eigenvalue weighted by atomic mass is 127. The summed E-state index contributed by atoms with van der Waals surface area (Å²) in [7, 11) is 1.32. The monoisotopic (exact) mass is 725 g/mol. The fourth-order valence-electron chi connectivity index (χ4n) is 6.03. The van der Waals surface area contributed by atoms with E-state index in [2.05, 4.69) is 0 Å². The van der Waals surface area contributed by atoms with Crippen LogP contribution in [0.4, 0.5) is 0 Å². The van der Waals surface area contributed by atoms with E-state index < -0.39 is 102 Å². The maximum absolute atomic E-state index is 13.8. The van der Waals surface area contributed by atoms with Crippen molar-refractivity contribution in [3.05, 3.63) is 51.6 Å². The first-order valence-corrected chi connectivity index (χ1v) is 15.4. The zero-order chi connectivity index (χ0) is 32.1. The van der Waals surface area contributed by atoms with Gasteiger partial charge in [-0.15, -0.1) is 0 Å². The summed E-state index contributed by atoms with van der Waals surface area (Å²) in [4.78, 5) is 52.7. The first-order chi connectivity index (χ1) is 20.8. The Hall–Kier alpha value is -3.15. The van der Waals surface area contributed by atoms with E-state index in [0.717, 1.165) is 0 Å². The van der Waals surface area contributed by atoms with Gasteiger partial charge in [-0.2, -0.15) is 0 Å². The fraction of sp³-hybridized carbons (Fsp3) is 0.467. The molecule has 0 saturated carbocycles. The molecule has 1 heterocycles. The van der Waals surface area contributed by atoms with Crippen molar-refractivity contribution < 1.29 is 58.6 Å². The Labute approximate surface area is 265 Å². The van der Waals surface area contributed by atoms with Gasteiger partial charge in [0.25, 0.3) is 0 Å². The third-order valence-corrected chi connectivity index (χ3v) is 8.86. The Bertz CT molecular complexity index is 1530. The second-order valence-electron chi connectivity index (χ2n) is 11.1. The molecule has 0 radical (unpaired) electrons. The Morgan fingerprint density at radius 3 is 2.50 bits per heavy atom. The molecule has 2 aromatic rings. The van der Waals surface area contributed by atoms with Crippen molar-refractivity contribution in [1.82, 2.24) is 0 Å². The molecule has 1 saturated heterocycles. The highest BCUT2D eigenvalue weighted by Gasteiger charge is 2.50. The lowest BCUT2D eigenvalue weighted by molar-refractivity contribution is -0.247. The van der Waals surface area contributed by atoms with Crippen LogP contribution in [-0.4, -0.2) is 92.0 Å². The topological polar surface area (TPSA) is 212 Å². The largest absolute Gasteiger partial charge is 0.507 e. The average molecular weight is 725 g/mol. The molecular weight excluding hydrogens is 693 g/mol. The zero-order valence-corrected chi connectivity index (χ0v) is 26.0. The molecule has 5 rings (SSSR count). The number of hydrogen-bond acceptors (Lipinski definition) is 13. The van der Waals surface area contributed by atoms with Crippen molar-refractivity contribution in [2.45, 2.75) is 68.9 Å². The van der Waals surface area contributed by atoms with Crippen molar-refractivity contribution >= 4 is 45.9 Å². The van der Waals surface area contributed by atoms with Gasteiger partial charge in [-0.1, -0.05) is 34.7 Å². The molecular formula is C30H32INO12. The van der Waals surface area contributed by atoms with Crippen LogP contribution < -0.4 is 10.5 Å². The van der Waals surface area contributed by atoms with Gasteiger partial charge in [0.2, 0.25) is 11.6 Å². The van der Waals surface area contributed by atoms with E-state index in [1.54, 1.807) is 6.92 Å². The normalized spacial score (nSPS) is 27.6. The van der Waals surface area contributed by atoms with Crippen LogP contribution in [0.5, 0.6) is 17.2 Å². The number of carbonyl (C=O) groups is 4. The van der Waals surface area contributed by atoms with E-state index in [-0.39, 0.29) is 40.8 Å². The molecule has 0 aromatic heterocycles. The first-order valence-electron chi connectivity index (χ1n) is 13.9. The molecule has 0 bridgehead atoms. The number of hydrogen-bond donors (Lipinski definition) is 5. The van der Waals surface area contributed by atoms with Gasteiger partial charge in [-0.05, 0) is 13.0 Å². The number of benzene rings is 2. The van der Waals surface area contributed by atoms with E-state index >= 15 is 0 Å². The van der Waals surface area contributed by atoms with Crippen molar-refractivity contribution in [2.24, 2.45) is 5.73 Å². The van der Waals surface area contributed by atoms with Crippen molar-refractivity contribution in [3.63, 3.8) is 0 Å². The van der Waals surface area contributed by atoms with Gasteiger partial charge in [0, 0.05) is 46.4 Å². The number of Topliss-reactive ketones (excluding diaryl/α,β-unsaturated/α-hetero) is 1. The number of alkyl halides is 1. The number of esters is 1. The number of ether oxygens (including phenoxy) is 4. The molecule has 13 nitrogen and oxygen atoms in total. The molecule has 3 aliphatic rings. The SMILES string of the molecule is COc1cccc2c1C(=O)c1c(O)c3c(c(O)c1C2=O)C[C@@](O)(C(=O)COC(=O)CCI)C[C@@H]3OC1CC(N)C(O)C(C)O1. The van der Waals surface area contributed by atoms with E-state index in [0.29, 0.717) is 4.43 Å². The second kappa shape index (κ2) is 12.3. The van der Waals surface area contributed by atoms with Crippen molar-refractivity contribution in [3.8, 4) is 17.2 Å². The lowest BCUT2D eigenvalue weighted by atomic mass is 9.72. The number of halogens is 1. The minimum Gasteiger partial charge on any atom is -0.507 e. The van der Waals surface area contributed by atoms with Crippen LogP contribution >= 0.6 is 22.6 Å². The summed E-state index contributed by atoms with van der Waals surface area (Å²) >= 11 is 1.97. The number of ketones is 3. The van der Waals surface area contributed by atoms with Crippen LogP contribution in [0.2, 0.25) is 0 Å². The first kappa shape index (κ1) is 32.2. The summed E-state index contributed by atoms with van der Waals surface area (Å²) in [6, 6.07) is 3.61. The summed E-state index contributed by atoms with van der Waals surface area (Å²) in [6.07, 6.45) is -5.26. The molecule has 2 aromatic carbocycles. The number of nitrogens with two attached hydrogens (primary N) is 1. The van der Waals surface area contributed by atoms with Crippen LogP contribution in [0, 0.1) is 0 Å². The molecule has 0 spiro atoms. The van der Waals surface area contributed by atoms with E-state index in [1.807, 2.05) is 22.6 Å². The highest BCUT2D eigenvalue weighted by molar-refractivity contribution is 14.1. The number of aliphatic hydroxyl groups is 2. The molecule has 14 heteroatoms. The lowest BCUT2D eigenvalue weighted by Crippen LogP contribution is -2.53. The number of phenols is 2. The van der Waals surface area contributed by atoms with Gasteiger partial charge in [0.05, 0.1) is 48.5 Å². The maximum atomic E-state index is 13.8. The van der Waals surface area contributed by atoms with Gasteiger partial charge in [0.1, 0.15) is 22.8 Å². The van der Waals surface area contributed by atoms with E-state index in [9.17, 15) is 39.6 Å². The zero-order valence-electron chi connectivity index (χ0n) is 23.9. The quantitative estimate of drug-likeness (QED) is 0.0963. The van der Waals surface area contributed by atoms with Gasteiger partial charge >= 0.3 is 5.97 Å². The number of aliphatic hydroxyl groups excluding tert-OH is 1. The number of rotatable bonds is 8. The minimum atomic E-state index is -2.29. The molecule has 4 unspecified atom stereocenters. The lowest BCUT2D eigenvalue weighted by Gasteiger charge is -2.42. The van der Waals surface area contributed by atoms with Crippen LogP contribution in [0.15, 0.2) is 18.2 Å². The third-order valence-electron chi connectivity index (χ3n) is 8.32. The van der Waals surface area contributed by atoms with Crippen LogP contribution in [-0.2, 0) is 30.2 Å². The third kappa shape index (κ3) is 5.47. The Morgan fingerprint density at radius 2 is 1.84 bits per heavy atom. The fourth-order valence-corrected chi connectivity index (χ4v) is 6.47. The molecule has 2 aliphatic carbocycles. The van der Waals surface area contributed by atoms with Crippen LogP contribution in [0.3, 0.4) is 0 Å². The molecule has 44 heavy (non-hydrogen) atoms. The predicted octanol–water partition coefficient (Wildman–Crippen LogP) is 1.38. The number of carbonyl (C=O) groups excluding carboxylic acids is 4. The van der Waals surface area contributed by atoms with E-state index in [4.69, 9.17) is 24.7 Å². The number of aromatic hydroxyl groups is 2. The summed E-state index contributed by atoms with van der Waals surface area (Å²) in [5, 5.41) is 45.0. The van der Waals surface area contributed by atoms with Crippen molar-refractivity contribution in [1.29, 1.82) is 0 Å². The standard InChI is InChI=1S/C30H32INO12/c1-12-25(35)15(32)8-20(43-12)44-17-10-30(40,18(33)11-42-19(34)6-7-31)9-14-22(17)29(39)24-23(27(14)37)26(36)13-4-3-5-16(41-2)21(13)28(24)38/h3-5,12,15,17,20,25,35,37,39-40H,6-11,32H2,1-2H3/t12?,15?,17-,20?,25?,30-/m0/s1. The molecule has 6 N–H and O–H groups in total. The number of phenolic OH excluding ortho intramolecular Hbond substituents is 2. The van der Waals surface area contributed by atoms with E-state index in [1.165, 1.54) is 25.3 Å². The summed E-state index contributed by atoms with van der Waals surface area (Å²) in [5.74, 6) is -4.42. The summed E-state index contributed by atoms with van der Waals surface area (Å²) in [6.45, 7) is 0.804. The van der Waals surface area contributed by atoms with Crippen LogP contribution in [0.25, 0.3) is 0 Å². The number of methoxy groups -OCH3 is 1. The predicted molar refractivity (Wildman–Crippen MR) is 159 cm³/mol. The van der Waals surface area contributed by atoms with Gasteiger partial charge in [-0.3, -0.25) is 19.2 Å². The second-order valence-corrected chi connectivity index (χ2v) is 12.2.